The van der Waals surface area contributed by atoms with Gasteiger partial charge in [-0.3, -0.25) is 4.79 Å². The summed E-state index contributed by atoms with van der Waals surface area (Å²) in [4.78, 5) is 23.7. The average Bonchev–Trinajstić information content (AvgIpc) is 2.99. The van der Waals surface area contributed by atoms with Gasteiger partial charge >= 0.3 is 6.18 Å². The van der Waals surface area contributed by atoms with Crippen molar-refractivity contribution in [3.63, 3.8) is 0 Å². The highest BCUT2D eigenvalue weighted by Crippen LogP contribution is 2.41. The van der Waals surface area contributed by atoms with Crippen LogP contribution in [0.1, 0.15) is 26.2 Å². The second kappa shape index (κ2) is 12.4. The van der Waals surface area contributed by atoms with E-state index in [4.69, 9.17) is 9.72 Å². The van der Waals surface area contributed by atoms with Crippen LogP contribution < -0.4 is 14.5 Å². The number of aromatic nitrogens is 1. The first-order valence-electron chi connectivity index (χ1n) is 14.4. The van der Waals surface area contributed by atoms with E-state index >= 15 is 0 Å². The first-order chi connectivity index (χ1) is 20.8. The number of ether oxygens (including phenoxy) is 1. The number of piperidine rings is 1. The molecular weight excluding hydrogens is 595 g/mol. The SMILES string of the molecule is C[C@@H]1C(=O)N(C)c2ccc(-c3cc(S(=O)(=O)N(C)C)ccc3Oc3ccccc3)nc2N1C1CCN(CCC(F)(F)F)CC1. The number of para-hydroxylation sites is 1. The summed E-state index contributed by atoms with van der Waals surface area (Å²) in [5, 5.41) is 0. The summed E-state index contributed by atoms with van der Waals surface area (Å²) in [6.07, 6.45) is -3.92. The fraction of sp³-hybridized carbons (Fsp3) is 0.419. The van der Waals surface area contributed by atoms with Gasteiger partial charge in [-0.05, 0) is 62.2 Å². The summed E-state index contributed by atoms with van der Waals surface area (Å²) in [6, 6.07) is 16.6. The molecule has 0 unspecified atom stereocenters. The fourth-order valence-corrected chi connectivity index (χ4v) is 6.65. The van der Waals surface area contributed by atoms with Crippen molar-refractivity contribution in [3.8, 4) is 22.8 Å². The lowest BCUT2D eigenvalue weighted by atomic mass is 9.98. The van der Waals surface area contributed by atoms with E-state index in [-0.39, 0.29) is 23.4 Å². The standard InChI is InChI=1S/C31H36F3N5O4S/c1-21-30(40)37(4)27-12-11-26(35-29(27)39(21)22-14-17-38(18-15-22)19-16-31(32,33)34)25-20-24(44(41,42)36(2)3)10-13-28(25)43-23-8-6-5-7-9-23/h5-13,20-22H,14-19H2,1-4H3/t21-/m1/s1. The Bertz CT molecular complexity index is 1610. The van der Waals surface area contributed by atoms with Crippen molar-refractivity contribution < 1.29 is 31.1 Å². The maximum atomic E-state index is 13.3. The van der Waals surface area contributed by atoms with Crippen LogP contribution in [0.2, 0.25) is 0 Å². The van der Waals surface area contributed by atoms with E-state index in [0.717, 1.165) is 4.31 Å². The minimum atomic E-state index is -4.21. The average molecular weight is 632 g/mol. The van der Waals surface area contributed by atoms with Gasteiger partial charge in [0.05, 0.1) is 22.7 Å². The van der Waals surface area contributed by atoms with Crippen molar-refractivity contribution in [1.82, 2.24) is 14.2 Å². The van der Waals surface area contributed by atoms with Gasteiger partial charge in [-0.15, -0.1) is 0 Å². The van der Waals surface area contributed by atoms with Crippen molar-refractivity contribution in [2.75, 3.05) is 50.6 Å². The molecular formula is C31H36F3N5O4S. The molecule has 44 heavy (non-hydrogen) atoms. The van der Waals surface area contributed by atoms with Crippen LogP contribution in [0.4, 0.5) is 24.7 Å². The maximum absolute atomic E-state index is 13.3. The minimum Gasteiger partial charge on any atom is -0.457 e. The van der Waals surface area contributed by atoms with E-state index in [1.165, 1.54) is 26.2 Å². The zero-order chi connectivity index (χ0) is 31.8. The van der Waals surface area contributed by atoms with Crippen molar-refractivity contribution in [3.05, 3.63) is 60.7 Å². The number of carbonyl (C=O) groups excluding carboxylic acids is 1. The molecule has 0 aliphatic carbocycles. The minimum absolute atomic E-state index is 0.0528. The Hall–Kier alpha value is -3.68. The van der Waals surface area contributed by atoms with Crippen LogP contribution in [0.5, 0.6) is 11.5 Å². The van der Waals surface area contributed by atoms with Gasteiger partial charge < -0.3 is 19.4 Å². The van der Waals surface area contributed by atoms with Gasteiger partial charge in [-0.25, -0.2) is 17.7 Å². The Morgan fingerprint density at radius 3 is 2.34 bits per heavy atom. The van der Waals surface area contributed by atoms with E-state index in [1.54, 1.807) is 54.1 Å². The molecule has 9 nitrogen and oxygen atoms in total. The van der Waals surface area contributed by atoms with Crippen LogP contribution in [0.15, 0.2) is 65.6 Å². The number of amides is 1. The number of sulfonamides is 1. The third kappa shape index (κ3) is 6.54. The molecule has 1 amide bonds. The Labute approximate surface area is 255 Å². The normalized spacial score (nSPS) is 18.5. The first-order valence-corrected chi connectivity index (χ1v) is 15.9. The van der Waals surface area contributed by atoms with Gasteiger partial charge in [0.2, 0.25) is 15.9 Å². The van der Waals surface area contributed by atoms with E-state index in [1.807, 2.05) is 23.1 Å². The van der Waals surface area contributed by atoms with Gasteiger partial charge in [0.25, 0.3) is 0 Å². The molecule has 5 rings (SSSR count). The molecule has 3 heterocycles. The van der Waals surface area contributed by atoms with Crippen LogP contribution in [0.3, 0.4) is 0 Å². The number of halogens is 3. The Balaban J connectivity index is 1.54. The quantitative estimate of drug-likeness (QED) is 0.330. The first kappa shape index (κ1) is 31.7. The second-order valence-corrected chi connectivity index (χ2v) is 13.5. The van der Waals surface area contributed by atoms with E-state index in [2.05, 4.69) is 0 Å². The molecule has 2 aromatic carbocycles. The van der Waals surface area contributed by atoms with Crippen molar-refractivity contribution in [2.24, 2.45) is 0 Å². The summed E-state index contributed by atoms with van der Waals surface area (Å²) in [7, 11) is 0.829. The number of nitrogens with zero attached hydrogens (tertiary/aromatic N) is 5. The van der Waals surface area contributed by atoms with Gasteiger partial charge in [0.15, 0.2) is 5.82 Å². The number of fused-ring (bicyclic) bond motifs is 1. The number of carbonyl (C=O) groups is 1. The highest BCUT2D eigenvalue weighted by atomic mass is 32.2. The molecule has 1 saturated heterocycles. The maximum Gasteiger partial charge on any atom is 0.390 e. The summed E-state index contributed by atoms with van der Waals surface area (Å²) < 4.78 is 71.9. The zero-order valence-electron chi connectivity index (χ0n) is 25.1. The Morgan fingerprint density at radius 1 is 1.02 bits per heavy atom. The number of pyridine rings is 1. The molecule has 1 atom stereocenters. The molecule has 3 aromatic rings. The summed E-state index contributed by atoms with van der Waals surface area (Å²) in [6.45, 7) is 2.70. The molecule has 0 N–H and O–H groups in total. The predicted octanol–water partition coefficient (Wildman–Crippen LogP) is 5.38. The molecule has 0 saturated carbocycles. The van der Waals surface area contributed by atoms with Crippen LogP contribution >= 0.6 is 0 Å². The molecule has 2 aliphatic rings. The summed E-state index contributed by atoms with van der Waals surface area (Å²) >= 11 is 0. The number of likely N-dealkylation sites (N-methyl/N-ethyl adjacent to an activating group) is 1. The third-order valence-electron chi connectivity index (χ3n) is 8.20. The fourth-order valence-electron chi connectivity index (χ4n) is 5.72. The van der Waals surface area contributed by atoms with Crippen molar-refractivity contribution in [1.29, 1.82) is 0 Å². The zero-order valence-corrected chi connectivity index (χ0v) is 25.9. The topological polar surface area (TPSA) is 86.3 Å². The highest BCUT2D eigenvalue weighted by molar-refractivity contribution is 7.89. The monoisotopic (exact) mass is 631 g/mol. The highest BCUT2D eigenvalue weighted by Gasteiger charge is 2.40. The molecule has 0 spiro atoms. The molecule has 236 valence electrons. The number of hydrogen-bond acceptors (Lipinski definition) is 7. The number of rotatable bonds is 8. The molecule has 0 bridgehead atoms. The van der Waals surface area contributed by atoms with E-state index in [0.29, 0.717) is 60.2 Å². The van der Waals surface area contributed by atoms with E-state index in [9.17, 15) is 26.4 Å². The Morgan fingerprint density at radius 2 is 1.70 bits per heavy atom. The van der Waals surface area contributed by atoms with Gasteiger partial charge in [-0.1, -0.05) is 18.2 Å². The van der Waals surface area contributed by atoms with Crippen LogP contribution in [-0.2, 0) is 14.8 Å². The number of alkyl halides is 3. The van der Waals surface area contributed by atoms with Crippen LogP contribution in [0.25, 0.3) is 11.3 Å². The van der Waals surface area contributed by atoms with Gasteiger partial charge in [0.1, 0.15) is 17.5 Å². The number of anilines is 2. The molecule has 1 fully saturated rings. The number of likely N-dealkylation sites (tertiary alicyclic amines) is 1. The molecule has 1 aromatic heterocycles. The molecule has 13 heteroatoms. The predicted molar refractivity (Wildman–Crippen MR) is 163 cm³/mol. The largest absolute Gasteiger partial charge is 0.457 e. The number of benzene rings is 2. The summed E-state index contributed by atoms with van der Waals surface area (Å²) in [5.41, 5.74) is 1.50. The van der Waals surface area contributed by atoms with Crippen LogP contribution in [-0.4, -0.2) is 87.6 Å². The lowest BCUT2D eigenvalue weighted by Crippen LogP contribution is -2.57. The number of hydrogen-bond donors (Lipinski definition) is 0. The molecule has 0 radical (unpaired) electrons. The van der Waals surface area contributed by atoms with Crippen LogP contribution in [0, 0.1) is 0 Å². The smallest absolute Gasteiger partial charge is 0.390 e. The molecule has 2 aliphatic heterocycles. The van der Waals surface area contributed by atoms with Gasteiger partial charge in [0, 0.05) is 52.4 Å². The van der Waals surface area contributed by atoms with Crippen molar-refractivity contribution >= 4 is 27.4 Å². The summed E-state index contributed by atoms with van der Waals surface area (Å²) in [5.74, 6) is 1.41. The second-order valence-electron chi connectivity index (χ2n) is 11.3. The third-order valence-corrected chi connectivity index (χ3v) is 10.0. The van der Waals surface area contributed by atoms with Gasteiger partial charge in [-0.2, -0.15) is 13.2 Å². The lowest BCUT2D eigenvalue weighted by Gasteiger charge is -2.46. The van der Waals surface area contributed by atoms with Crippen molar-refractivity contribution in [2.45, 2.75) is 49.3 Å². The Kier molecular flexibility index (Phi) is 8.92. The lowest BCUT2D eigenvalue weighted by molar-refractivity contribution is -0.138. The van der Waals surface area contributed by atoms with E-state index < -0.39 is 28.7 Å².